The van der Waals surface area contributed by atoms with Gasteiger partial charge in [-0.25, -0.2) is 4.39 Å². The van der Waals surface area contributed by atoms with E-state index in [9.17, 15) is 4.39 Å². The van der Waals surface area contributed by atoms with Crippen molar-refractivity contribution in [3.05, 3.63) is 58.4 Å². The van der Waals surface area contributed by atoms with Gasteiger partial charge in [0.2, 0.25) is 0 Å². The molecule has 2 aliphatic heterocycles. The topological polar surface area (TPSA) is 24.7 Å². The predicted octanol–water partition coefficient (Wildman–Crippen LogP) is 8.68. The Morgan fingerprint density at radius 1 is 0.697 bits per heavy atom. The second-order valence-electron chi connectivity index (χ2n) is 12.2. The maximum atomic E-state index is 14.0. The molecule has 0 fully saturated rings. The number of nitrogens with zero attached hydrogens (tertiary/aromatic N) is 2. The molecule has 0 bridgehead atoms. The zero-order valence-corrected chi connectivity index (χ0v) is 22.2. The van der Waals surface area contributed by atoms with Crippen molar-refractivity contribution in [2.45, 2.75) is 92.9 Å². The molecule has 0 spiro atoms. The SMILES string of the molecule is CC(C)C1=Nc2cc(C(C)(C)C)c(F)cc2C1.CC(C)C1=Nc2cc(C(C)(C)C)ccc2C1. The normalized spacial score (nSPS) is 15.2. The van der Waals surface area contributed by atoms with Crippen molar-refractivity contribution in [2.24, 2.45) is 21.8 Å². The van der Waals surface area contributed by atoms with E-state index in [0.29, 0.717) is 11.8 Å². The van der Waals surface area contributed by atoms with Crippen LogP contribution in [-0.4, -0.2) is 11.4 Å². The molecule has 0 atom stereocenters. The van der Waals surface area contributed by atoms with Gasteiger partial charge in [0, 0.05) is 24.3 Å². The van der Waals surface area contributed by atoms with Crippen LogP contribution < -0.4 is 0 Å². The molecule has 0 unspecified atom stereocenters. The molecule has 0 amide bonds. The third kappa shape index (κ3) is 5.80. The van der Waals surface area contributed by atoms with Gasteiger partial charge < -0.3 is 0 Å². The summed E-state index contributed by atoms with van der Waals surface area (Å²) in [7, 11) is 0. The first-order chi connectivity index (χ1) is 15.2. The molecule has 0 saturated carbocycles. The molecule has 2 aromatic rings. The third-order valence-corrected chi connectivity index (χ3v) is 6.53. The number of benzene rings is 2. The van der Waals surface area contributed by atoms with Crippen molar-refractivity contribution in [1.29, 1.82) is 0 Å². The monoisotopic (exact) mass is 448 g/mol. The molecular formula is C30H41FN2. The molecule has 2 aromatic carbocycles. The average molecular weight is 449 g/mol. The van der Waals surface area contributed by atoms with Gasteiger partial charge in [0.25, 0.3) is 0 Å². The van der Waals surface area contributed by atoms with Crippen LogP contribution in [0.2, 0.25) is 0 Å². The van der Waals surface area contributed by atoms with Gasteiger partial charge in [-0.15, -0.1) is 0 Å². The van der Waals surface area contributed by atoms with E-state index in [4.69, 9.17) is 4.99 Å². The lowest BCUT2D eigenvalue weighted by Gasteiger charge is -2.20. The molecule has 2 aliphatic rings. The Kier molecular flexibility index (Phi) is 7.03. The maximum absolute atomic E-state index is 14.0. The minimum Gasteiger partial charge on any atom is -0.257 e. The number of hydrogen-bond acceptors (Lipinski definition) is 2. The third-order valence-electron chi connectivity index (χ3n) is 6.53. The van der Waals surface area contributed by atoms with Crippen LogP contribution in [0.1, 0.15) is 91.5 Å². The Morgan fingerprint density at radius 2 is 1.21 bits per heavy atom. The van der Waals surface area contributed by atoms with Crippen molar-refractivity contribution >= 4 is 22.8 Å². The van der Waals surface area contributed by atoms with Crippen LogP contribution in [0, 0.1) is 17.7 Å². The first-order valence-electron chi connectivity index (χ1n) is 12.3. The summed E-state index contributed by atoms with van der Waals surface area (Å²) in [6.45, 7) is 21.5. The minimum absolute atomic E-state index is 0.101. The summed E-state index contributed by atoms with van der Waals surface area (Å²) in [5.74, 6) is 0.894. The summed E-state index contributed by atoms with van der Waals surface area (Å²) in [6, 6.07) is 10.3. The van der Waals surface area contributed by atoms with E-state index in [1.807, 2.05) is 26.8 Å². The van der Waals surface area contributed by atoms with Crippen LogP contribution in [0.25, 0.3) is 0 Å². The summed E-state index contributed by atoms with van der Waals surface area (Å²) in [5.41, 5.74) is 9.21. The first kappa shape index (κ1) is 25.3. The Hall–Kier alpha value is -2.29. The molecule has 2 nitrogen and oxygen atoms in total. The van der Waals surface area contributed by atoms with Crippen molar-refractivity contribution in [3.8, 4) is 0 Å². The summed E-state index contributed by atoms with van der Waals surface area (Å²) < 4.78 is 14.0. The molecule has 178 valence electrons. The van der Waals surface area contributed by atoms with Crippen molar-refractivity contribution < 1.29 is 4.39 Å². The fraction of sp³-hybridized carbons (Fsp3) is 0.533. The molecule has 2 heterocycles. The Bertz CT molecular complexity index is 1090. The highest BCUT2D eigenvalue weighted by Gasteiger charge is 2.24. The highest BCUT2D eigenvalue weighted by molar-refractivity contribution is 5.96. The van der Waals surface area contributed by atoms with Crippen LogP contribution in [0.3, 0.4) is 0 Å². The maximum Gasteiger partial charge on any atom is 0.127 e. The second-order valence-corrected chi connectivity index (χ2v) is 12.2. The van der Waals surface area contributed by atoms with Crippen molar-refractivity contribution in [3.63, 3.8) is 0 Å². The van der Waals surface area contributed by atoms with Gasteiger partial charge in [-0.2, -0.15) is 0 Å². The number of aliphatic imine (C=N–C) groups is 2. The van der Waals surface area contributed by atoms with Crippen LogP contribution in [0.15, 0.2) is 40.3 Å². The molecule has 0 N–H and O–H groups in total. The zero-order chi connectivity index (χ0) is 24.7. The summed E-state index contributed by atoms with van der Waals surface area (Å²) in [6.07, 6.45) is 1.84. The molecule has 4 rings (SSSR count). The van der Waals surface area contributed by atoms with E-state index < -0.39 is 0 Å². The van der Waals surface area contributed by atoms with E-state index in [-0.39, 0.29) is 16.6 Å². The van der Waals surface area contributed by atoms with Crippen LogP contribution in [0.5, 0.6) is 0 Å². The standard InChI is InChI=1S/C15H20FN.C15H21N/c1-9(2)13-7-10-6-12(16)11(15(3,4)5)8-14(10)17-13;1-10(2)13-8-11-6-7-12(15(3,4)5)9-14(11)16-13/h6,8-9H,7H2,1-5H3;6-7,9-10H,8H2,1-5H3. The van der Waals surface area contributed by atoms with E-state index in [1.54, 1.807) is 6.07 Å². The Balaban J connectivity index is 0.000000186. The predicted molar refractivity (Wildman–Crippen MR) is 142 cm³/mol. The number of rotatable bonds is 2. The van der Waals surface area contributed by atoms with Gasteiger partial charge in [0.15, 0.2) is 0 Å². The van der Waals surface area contributed by atoms with Gasteiger partial charge in [-0.3, -0.25) is 9.98 Å². The first-order valence-corrected chi connectivity index (χ1v) is 12.3. The largest absolute Gasteiger partial charge is 0.257 e. The molecule has 0 aliphatic carbocycles. The summed E-state index contributed by atoms with van der Waals surface area (Å²) in [5, 5.41) is 0. The molecule has 0 saturated heterocycles. The van der Waals surface area contributed by atoms with E-state index in [1.165, 1.54) is 22.5 Å². The van der Waals surface area contributed by atoms with Gasteiger partial charge in [0.1, 0.15) is 5.82 Å². The van der Waals surface area contributed by atoms with Gasteiger partial charge in [-0.05, 0) is 63.1 Å². The Labute approximate surface area is 200 Å². The average Bonchev–Trinajstić information content (AvgIpc) is 3.29. The van der Waals surface area contributed by atoms with Crippen molar-refractivity contribution in [2.75, 3.05) is 0 Å². The molecule has 33 heavy (non-hydrogen) atoms. The lowest BCUT2D eigenvalue weighted by molar-refractivity contribution is 0.522. The number of halogens is 1. The number of fused-ring (bicyclic) bond motifs is 2. The molecular weight excluding hydrogens is 407 g/mol. The number of hydrogen-bond donors (Lipinski definition) is 0. The zero-order valence-electron chi connectivity index (χ0n) is 22.2. The van der Waals surface area contributed by atoms with Crippen LogP contribution in [0.4, 0.5) is 15.8 Å². The van der Waals surface area contributed by atoms with Crippen LogP contribution in [-0.2, 0) is 23.7 Å². The summed E-state index contributed by atoms with van der Waals surface area (Å²) in [4.78, 5) is 9.36. The van der Waals surface area contributed by atoms with E-state index >= 15 is 0 Å². The van der Waals surface area contributed by atoms with Gasteiger partial charge in [0.05, 0.1) is 11.4 Å². The lowest BCUT2D eigenvalue weighted by atomic mass is 9.85. The molecule has 0 aromatic heterocycles. The van der Waals surface area contributed by atoms with Gasteiger partial charge in [-0.1, -0.05) is 81.4 Å². The summed E-state index contributed by atoms with van der Waals surface area (Å²) >= 11 is 0. The highest BCUT2D eigenvalue weighted by atomic mass is 19.1. The molecule has 3 heteroatoms. The minimum atomic E-state index is -0.171. The highest BCUT2D eigenvalue weighted by Crippen LogP contribution is 2.36. The van der Waals surface area contributed by atoms with Crippen molar-refractivity contribution in [1.82, 2.24) is 0 Å². The van der Waals surface area contributed by atoms with Crippen LogP contribution >= 0.6 is 0 Å². The lowest BCUT2D eigenvalue weighted by Crippen LogP contribution is -2.13. The quantitative estimate of drug-likeness (QED) is 0.439. The second kappa shape index (κ2) is 9.16. The fourth-order valence-electron chi connectivity index (χ4n) is 4.15. The van der Waals surface area contributed by atoms with Gasteiger partial charge >= 0.3 is 0 Å². The van der Waals surface area contributed by atoms with E-state index in [2.05, 4.69) is 71.7 Å². The molecule has 0 radical (unpaired) electrons. The smallest absolute Gasteiger partial charge is 0.127 e. The fourth-order valence-corrected chi connectivity index (χ4v) is 4.15. The van der Waals surface area contributed by atoms with E-state index in [0.717, 1.165) is 35.4 Å². The Morgan fingerprint density at radius 3 is 1.70 bits per heavy atom.